The Morgan fingerprint density at radius 1 is 1.25 bits per heavy atom. The van der Waals surface area contributed by atoms with Gasteiger partial charge < -0.3 is 26.0 Å². The van der Waals surface area contributed by atoms with Crippen molar-refractivity contribution in [3.8, 4) is 5.75 Å². The number of aliphatic hydroxyl groups excluding tert-OH is 1. The molecule has 8 nitrogen and oxygen atoms in total. The number of benzene rings is 1. The van der Waals surface area contributed by atoms with Crippen LogP contribution < -0.4 is 10.6 Å². The molecule has 1 aromatic rings. The first kappa shape index (κ1) is 20.2. The molecule has 0 aromatic heterocycles. The van der Waals surface area contributed by atoms with Gasteiger partial charge in [-0.1, -0.05) is 6.07 Å². The molecule has 2 amide bonds. The monoisotopic (exact) mass is 450 g/mol. The van der Waals surface area contributed by atoms with Crippen molar-refractivity contribution in [2.45, 2.75) is 38.5 Å². The van der Waals surface area contributed by atoms with Gasteiger partial charge in [0.25, 0.3) is 0 Å². The highest BCUT2D eigenvalue weighted by molar-refractivity contribution is 14.1. The van der Waals surface area contributed by atoms with E-state index in [0.29, 0.717) is 9.13 Å². The molecule has 5 N–H and O–H groups in total. The molecule has 0 heterocycles. The Morgan fingerprint density at radius 3 is 2.33 bits per heavy atom. The van der Waals surface area contributed by atoms with E-state index in [1.165, 1.54) is 19.9 Å². The van der Waals surface area contributed by atoms with Crippen LogP contribution in [0.4, 0.5) is 0 Å². The van der Waals surface area contributed by atoms with Crippen LogP contribution in [-0.4, -0.2) is 51.3 Å². The summed E-state index contributed by atoms with van der Waals surface area (Å²) in [5.74, 6) is -2.45. The minimum atomic E-state index is -1.48. The lowest BCUT2D eigenvalue weighted by atomic mass is 10.0. The highest BCUT2D eigenvalue weighted by Crippen LogP contribution is 2.21. The van der Waals surface area contributed by atoms with Crippen molar-refractivity contribution < 1.29 is 29.7 Å². The first-order valence-corrected chi connectivity index (χ1v) is 8.15. The van der Waals surface area contributed by atoms with Crippen molar-refractivity contribution in [3.05, 3.63) is 27.3 Å². The molecule has 0 bridgehead atoms. The van der Waals surface area contributed by atoms with Gasteiger partial charge in [-0.25, -0.2) is 4.79 Å². The molecule has 0 unspecified atom stereocenters. The smallest absolute Gasteiger partial charge is 0.328 e. The summed E-state index contributed by atoms with van der Waals surface area (Å²) in [5, 5.41) is 32.7. The Morgan fingerprint density at radius 2 is 1.88 bits per heavy atom. The summed E-state index contributed by atoms with van der Waals surface area (Å²) >= 11 is 1.93. The van der Waals surface area contributed by atoms with Gasteiger partial charge in [0.15, 0.2) is 6.04 Å². The van der Waals surface area contributed by atoms with Gasteiger partial charge in [-0.15, -0.1) is 0 Å². The third kappa shape index (κ3) is 5.96. The van der Waals surface area contributed by atoms with E-state index in [1.807, 2.05) is 22.6 Å². The summed E-state index contributed by atoms with van der Waals surface area (Å²) < 4.78 is 0.583. The number of phenolic OH excluding ortho intramolecular Hbond substituents is 1. The Bertz CT molecular complexity index is 634. The summed E-state index contributed by atoms with van der Waals surface area (Å²) in [6.45, 7) is 2.49. The van der Waals surface area contributed by atoms with Gasteiger partial charge in [-0.05, 0) is 47.2 Å². The number of phenols is 1. The molecule has 0 aliphatic carbocycles. The van der Waals surface area contributed by atoms with Gasteiger partial charge in [-0.3, -0.25) is 9.59 Å². The van der Waals surface area contributed by atoms with Crippen LogP contribution in [0, 0.1) is 3.57 Å². The zero-order chi connectivity index (χ0) is 18.4. The maximum Gasteiger partial charge on any atom is 0.328 e. The van der Waals surface area contributed by atoms with Crippen LogP contribution >= 0.6 is 22.6 Å². The van der Waals surface area contributed by atoms with Crippen molar-refractivity contribution >= 4 is 40.4 Å². The Balaban J connectivity index is 2.94. The fraction of sp³-hybridized carbons (Fsp3) is 0.400. The molecule has 0 spiro atoms. The first-order chi connectivity index (χ1) is 11.1. The third-order valence-electron chi connectivity index (χ3n) is 3.19. The molecule has 1 aromatic carbocycles. The van der Waals surface area contributed by atoms with Crippen LogP contribution in [-0.2, 0) is 20.8 Å². The second kappa shape index (κ2) is 8.83. The number of amides is 2. The number of nitrogens with one attached hydrogen (secondary N) is 2. The summed E-state index contributed by atoms with van der Waals surface area (Å²) in [7, 11) is 0. The summed E-state index contributed by atoms with van der Waals surface area (Å²) in [5.41, 5.74) is 0.676. The third-order valence-corrected chi connectivity index (χ3v) is 4.06. The van der Waals surface area contributed by atoms with Gasteiger partial charge in [0, 0.05) is 13.3 Å². The largest absolute Gasteiger partial charge is 0.507 e. The normalized spacial score (nSPS) is 14.3. The van der Waals surface area contributed by atoms with Crippen molar-refractivity contribution in [2.24, 2.45) is 0 Å². The minimum absolute atomic E-state index is 0.0972. The molecule has 0 aliphatic heterocycles. The molecule has 0 fully saturated rings. The van der Waals surface area contributed by atoms with Crippen LogP contribution in [0.3, 0.4) is 0 Å². The number of carboxylic acid groups (broad SMARTS) is 1. The minimum Gasteiger partial charge on any atom is -0.507 e. The molecule has 24 heavy (non-hydrogen) atoms. The number of rotatable bonds is 7. The lowest BCUT2D eigenvalue weighted by Crippen LogP contribution is -2.55. The molecule has 0 saturated carbocycles. The van der Waals surface area contributed by atoms with Gasteiger partial charge >= 0.3 is 5.97 Å². The van der Waals surface area contributed by atoms with Crippen LogP contribution in [0.2, 0.25) is 0 Å². The molecule has 1 rings (SSSR count). The molecule has 132 valence electrons. The van der Waals surface area contributed by atoms with E-state index in [4.69, 9.17) is 5.11 Å². The number of halogens is 1. The average Bonchev–Trinajstić information content (AvgIpc) is 2.46. The maximum atomic E-state index is 12.3. The quantitative estimate of drug-likeness (QED) is 0.371. The fourth-order valence-corrected chi connectivity index (χ4v) is 2.59. The Kier molecular flexibility index (Phi) is 7.42. The molecule has 9 heteroatoms. The lowest BCUT2D eigenvalue weighted by Gasteiger charge is -2.22. The van der Waals surface area contributed by atoms with E-state index in [2.05, 4.69) is 10.6 Å². The number of aliphatic hydroxyl groups is 1. The molecule has 0 aliphatic rings. The van der Waals surface area contributed by atoms with Gasteiger partial charge in [-0.2, -0.15) is 0 Å². The SMILES string of the molecule is CC(=O)N[C@@H](Cc1ccc(O)c(I)c1)C(=O)N[C@@H](C(=O)O)[C@@H](C)O. The second-order valence-electron chi connectivity index (χ2n) is 5.31. The topological polar surface area (TPSA) is 136 Å². The zero-order valence-corrected chi connectivity index (χ0v) is 15.3. The molecule has 0 radical (unpaired) electrons. The van der Waals surface area contributed by atoms with Crippen molar-refractivity contribution in [2.75, 3.05) is 0 Å². The number of carboxylic acids is 1. The molecule has 3 atom stereocenters. The van der Waals surface area contributed by atoms with Gasteiger partial charge in [0.2, 0.25) is 11.8 Å². The predicted octanol–water partition coefficient (Wildman–Crippen LogP) is -0.00580. The van der Waals surface area contributed by atoms with Gasteiger partial charge in [0.05, 0.1) is 9.67 Å². The van der Waals surface area contributed by atoms with E-state index < -0.39 is 36.0 Å². The van der Waals surface area contributed by atoms with Gasteiger partial charge in [0.1, 0.15) is 11.8 Å². The van der Waals surface area contributed by atoms with E-state index in [9.17, 15) is 24.6 Å². The number of hydrogen-bond acceptors (Lipinski definition) is 5. The van der Waals surface area contributed by atoms with Crippen LogP contribution in [0.25, 0.3) is 0 Å². The number of hydrogen-bond donors (Lipinski definition) is 5. The van der Waals surface area contributed by atoms with Crippen LogP contribution in [0.1, 0.15) is 19.4 Å². The lowest BCUT2D eigenvalue weighted by molar-refractivity contribution is -0.145. The van der Waals surface area contributed by atoms with Crippen molar-refractivity contribution in [1.82, 2.24) is 10.6 Å². The fourth-order valence-electron chi connectivity index (χ4n) is 2.01. The molecular formula is C15H19IN2O6. The van der Waals surface area contributed by atoms with Crippen LogP contribution in [0.5, 0.6) is 5.75 Å². The second-order valence-corrected chi connectivity index (χ2v) is 6.47. The summed E-state index contributed by atoms with van der Waals surface area (Å²) in [4.78, 5) is 34.7. The summed E-state index contributed by atoms with van der Waals surface area (Å²) in [6.07, 6.45) is -1.19. The van der Waals surface area contributed by atoms with E-state index in [1.54, 1.807) is 12.1 Å². The highest BCUT2D eigenvalue weighted by atomic mass is 127. The van der Waals surface area contributed by atoms with E-state index in [0.717, 1.165) is 0 Å². The van der Waals surface area contributed by atoms with Crippen LogP contribution in [0.15, 0.2) is 18.2 Å². The van der Waals surface area contributed by atoms with Crippen molar-refractivity contribution in [1.29, 1.82) is 0 Å². The van der Waals surface area contributed by atoms with E-state index >= 15 is 0 Å². The molecule has 0 saturated heterocycles. The zero-order valence-electron chi connectivity index (χ0n) is 13.1. The predicted molar refractivity (Wildman–Crippen MR) is 93.4 cm³/mol. The standard InChI is InChI=1S/C15H19IN2O6/c1-7(19)13(15(23)24)18-14(22)11(17-8(2)20)6-9-3-4-12(21)10(16)5-9/h3-5,7,11,13,19,21H,6H2,1-2H3,(H,17,20)(H,18,22)(H,23,24)/t7-,11+,13-/m1/s1. The average molecular weight is 450 g/mol. The van der Waals surface area contributed by atoms with E-state index in [-0.39, 0.29) is 12.2 Å². The number of aliphatic carboxylic acids is 1. The Labute approximate surface area is 152 Å². The Hall–Kier alpha value is -1.88. The molecular weight excluding hydrogens is 431 g/mol. The highest BCUT2D eigenvalue weighted by Gasteiger charge is 2.29. The van der Waals surface area contributed by atoms with Crippen molar-refractivity contribution in [3.63, 3.8) is 0 Å². The number of aromatic hydroxyl groups is 1. The number of carbonyl (C=O) groups is 3. The summed E-state index contributed by atoms with van der Waals surface area (Å²) in [6, 6.07) is 2.23. The number of carbonyl (C=O) groups excluding carboxylic acids is 2. The maximum absolute atomic E-state index is 12.3. The first-order valence-electron chi connectivity index (χ1n) is 7.07.